The number of benzene rings is 1. The van der Waals surface area contributed by atoms with Crippen LogP contribution in [0.1, 0.15) is 6.92 Å². The number of amidine groups is 1. The molecule has 0 spiro atoms. The van der Waals surface area contributed by atoms with Crippen LogP contribution in [0.3, 0.4) is 0 Å². The summed E-state index contributed by atoms with van der Waals surface area (Å²) in [7, 11) is 0. The highest BCUT2D eigenvalue weighted by Gasteiger charge is 2.07. The van der Waals surface area contributed by atoms with Crippen molar-refractivity contribution in [3.8, 4) is 0 Å². The maximum Gasteiger partial charge on any atom is 0.413 e. The Morgan fingerprint density at radius 2 is 2.16 bits per heavy atom. The summed E-state index contributed by atoms with van der Waals surface area (Å²) in [6, 6.07) is 6.78. The molecule has 0 aromatic heterocycles. The molecule has 0 heterocycles. The number of carbonyl (C=O) groups is 2. The molecule has 0 aliphatic rings. The predicted octanol–water partition coefficient (Wildman–Crippen LogP) is 3.01. The molecule has 0 atom stereocenters. The van der Waals surface area contributed by atoms with Gasteiger partial charge in [-0.3, -0.25) is 5.32 Å². The summed E-state index contributed by atoms with van der Waals surface area (Å²) in [5.74, 6) is 0.193. The van der Waals surface area contributed by atoms with Gasteiger partial charge in [0.2, 0.25) is 0 Å². The number of rotatable bonds is 4. The van der Waals surface area contributed by atoms with E-state index in [0.29, 0.717) is 15.9 Å². The maximum absolute atomic E-state index is 11.3. The molecule has 0 fully saturated rings. The number of alkyl carbamates (subject to hydrolysis) is 1. The molecule has 0 unspecified atom stereocenters. The minimum atomic E-state index is -0.603. The van der Waals surface area contributed by atoms with Gasteiger partial charge in [0.1, 0.15) is 6.29 Å². The number of nitrogens with one attached hydrogen (secondary N) is 1. The van der Waals surface area contributed by atoms with Gasteiger partial charge in [0.25, 0.3) is 0 Å². The van der Waals surface area contributed by atoms with Crippen LogP contribution in [0.2, 0.25) is 5.02 Å². The first-order valence-corrected chi connectivity index (χ1v) is 6.86. The van der Waals surface area contributed by atoms with E-state index in [-0.39, 0.29) is 12.4 Å². The number of thioether (sulfide) groups is 1. The van der Waals surface area contributed by atoms with E-state index in [1.54, 1.807) is 31.2 Å². The zero-order valence-corrected chi connectivity index (χ0v) is 11.8. The van der Waals surface area contributed by atoms with Gasteiger partial charge >= 0.3 is 6.09 Å². The molecule has 0 aliphatic carbocycles. The Balaban J connectivity index is 2.79. The number of hydrogen-bond acceptors (Lipinski definition) is 5. The van der Waals surface area contributed by atoms with Crippen molar-refractivity contribution in [1.29, 1.82) is 0 Å². The molecule has 1 amide bonds. The van der Waals surface area contributed by atoms with Crippen molar-refractivity contribution < 1.29 is 14.3 Å². The van der Waals surface area contributed by atoms with E-state index < -0.39 is 6.09 Å². The van der Waals surface area contributed by atoms with Crippen LogP contribution in [-0.2, 0) is 9.53 Å². The van der Waals surface area contributed by atoms with Crippen molar-refractivity contribution >= 4 is 46.6 Å². The first-order valence-electron chi connectivity index (χ1n) is 5.50. The van der Waals surface area contributed by atoms with Crippen molar-refractivity contribution in [2.75, 3.05) is 12.4 Å². The largest absolute Gasteiger partial charge is 0.450 e. The van der Waals surface area contributed by atoms with E-state index in [4.69, 9.17) is 16.3 Å². The van der Waals surface area contributed by atoms with Crippen molar-refractivity contribution in [2.24, 2.45) is 4.99 Å². The number of hydrogen-bond donors (Lipinski definition) is 1. The summed E-state index contributed by atoms with van der Waals surface area (Å²) in [5.41, 5.74) is 0.620. The number of nitrogens with zero attached hydrogens (tertiary/aromatic N) is 1. The van der Waals surface area contributed by atoms with Gasteiger partial charge in [0.15, 0.2) is 5.17 Å². The second kappa shape index (κ2) is 8.55. The third-order valence-electron chi connectivity index (χ3n) is 1.83. The van der Waals surface area contributed by atoms with Crippen molar-refractivity contribution in [3.63, 3.8) is 0 Å². The van der Waals surface area contributed by atoms with Crippen LogP contribution in [0.5, 0.6) is 0 Å². The lowest BCUT2D eigenvalue weighted by Crippen LogP contribution is -2.29. The monoisotopic (exact) mass is 300 g/mol. The maximum atomic E-state index is 11.3. The molecule has 102 valence electrons. The van der Waals surface area contributed by atoms with Gasteiger partial charge < -0.3 is 9.53 Å². The molecule has 5 nitrogen and oxygen atoms in total. The minimum Gasteiger partial charge on any atom is -0.450 e. The summed E-state index contributed by atoms with van der Waals surface area (Å²) in [6.07, 6.45) is 0.128. The van der Waals surface area contributed by atoms with E-state index in [9.17, 15) is 9.59 Å². The fourth-order valence-electron chi connectivity index (χ4n) is 1.10. The van der Waals surface area contributed by atoms with Crippen LogP contribution in [-0.4, -0.2) is 29.9 Å². The van der Waals surface area contributed by atoms with Crippen LogP contribution in [0.25, 0.3) is 0 Å². The van der Waals surface area contributed by atoms with Gasteiger partial charge in [-0.1, -0.05) is 23.4 Å². The Hall–Kier alpha value is -1.53. The summed E-state index contributed by atoms with van der Waals surface area (Å²) in [5, 5.41) is 3.37. The molecular weight excluding hydrogens is 288 g/mol. The SMILES string of the molecule is CCOC(=O)NC(=Nc1ccc(Cl)cc1)SCC=O. The lowest BCUT2D eigenvalue weighted by molar-refractivity contribution is -0.105. The summed E-state index contributed by atoms with van der Waals surface area (Å²) in [4.78, 5) is 25.9. The van der Waals surface area contributed by atoms with Gasteiger partial charge in [-0.25, -0.2) is 9.79 Å². The molecule has 1 aromatic carbocycles. The highest BCUT2D eigenvalue weighted by Crippen LogP contribution is 2.18. The molecule has 1 N–H and O–H groups in total. The lowest BCUT2D eigenvalue weighted by Gasteiger charge is -2.07. The minimum absolute atomic E-state index is 0.193. The van der Waals surface area contributed by atoms with Crippen LogP contribution < -0.4 is 5.32 Å². The van der Waals surface area contributed by atoms with Gasteiger partial charge in [0.05, 0.1) is 18.0 Å². The molecule has 0 saturated carbocycles. The molecule has 19 heavy (non-hydrogen) atoms. The average molecular weight is 301 g/mol. The number of halogens is 1. The summed E-state index contributed by atoms with van der Waals surface area (Å²) < 4.78 is 4.76. The van der Waals surface area contributed by atoms with Crippen LogP contribution >= 0.6 is 23.4 Å². The molecule has 0 saturated heterocycles. The number of aldehydes is 1. The smallest absolute Gasteiger partial charge is 0.413 e. The van der Waals surface area contributed by atoms with Gasteiger partial charge in [0, 0.05) is 5.02 Å². The molecule has 7 heteroatoms. The van der Waals surface area contributed by atoms with Gasteiger partial charge in [-0.05, 0) is 31.2 Å². The van der Waals surface area contributed by atoms with E-state index >= 15 is 0 Å². The fourth-order valence-corrected chi connectivity index (χ4v) is 1.77. The lowest BCUT2D eigenvalue weighted by atomic mass is 10.3. The average Bonchev–Trinajstić information content (AvgIpc) is 2.39. The quantitative estimate of drug-likeness (QED) is 0.527. The predicted molar refractivity (Wildman–Crippen MR) is 77.2 cm³/mol. The Labute approximate surface area is 120 Å². The van der Waals surface area contributed by atoms with E-state index in [2.05, 4.69) is 10.3 Å². The van der Waals surface area contributed by atoms with E-state index in [0.717, 1.165) is 18.0 Å². The standard InChI is InChI=1S/C12H13ClN2O3S/c1-2-18-12(17)15-11(19-8-7-16)14-10-5-3-9(13)4-6-10/h3-7H,2,8H2,1H3,(H,14,15,17). The molecule has 1 rings (SSSR count). The third-order valence-corrected chi connectivity index (χ3v) is 2.85. The zero-order valence-electron chi connectivity index (χ0n) is 10.3. The summed E-state index contributed by atoms with van der Waals surface area (Å²) in [6.45, 7) is 1.96. The Kier molecular flexibility index (Phi) is 6.99. The normalized spacial score (nSPS) is 10.9. The van der Waals surface area contributed by atoms with Crippen LogP contribution in [0.4, 0.5) is 10.5 Å². The molecule has 1 aromatic rings. The van der Waals surface area contributed by atoms with Crippen molar-refractivity contribution in [3.05, 3.63) is 29.3 Å². The summed E-state index contributed by atoms with van der Waals surface area (Å²) >= 11 is 6.88. The Morgan fingerprint density at radius 1 is 1.47 bits per heavy atom. The zero-order chi connectivity index (χ0) is 14.1. The number of amides is 1. The highest BCUT2D eigenvalue weighted by molar-refractivity contribution is 8.14. The third kappa shape index (κ3) is 6.26. The van der Waals surface area contributed by atoms with E-state index in [1.165, 1.54) is 0 Å². The Morgan fingerprint density at radius 3 is 2.74 bits per heavy atom. The molecule has 0 bridgehead atoms. The van der Waals surface area contributed by atoms with Crippen LogP contribution in [0.15, 0.2) is 29.3 Å². The molecule has 0 aliphatic heterocycles. The molecular formula is C12H13ClN2O3S. The van der Waals surface area contributed by atoms with E-state index in [1.807, 2.05) is 0 Å². The molecule has 0 radical (unpaired) electrons. The number of aliphatic imine (C=N–C) groups is 1. The first-order chi connectivity index (χ1) is 9.15. The second-order valence-electron chi connectivity index (χ2n) is 3.22. The van der Waals surface area contributed by atoms with Crippen molar-refractivity contribution in [2.45, 2.75) is 6.92 Å². The first kappa shape index (κ1) is 15.5. The number of ether oxygens (including phenoxy) is 1. The van der Waals surface area contributed by atoms with Gasteiger partial charge in [-0.15, -0.1) is 0 Å². The van der Waals surface area contributed by atoms with Crippen molar-refractivity contribution in [1.82, 2.24) is 5.32 Å². The number of carbonyl (C=O) groups excluding carboxylic acids is 2. The van der Waals surface area contributed by atoms with Crippen LogP contribution in [0, 0.1) is 0 Å². The van der Waals surface area contributed by atoms with Gasteiger partial charge in [-0.2, -0.15) is 0 Å². The topological polar surface area (TPSA) is 67.8 Å². The highest BCUT2D eigenvalue weighted by atomic mass is 35.5. The fraction of sp³-hybridized carbons (Fsp3) is 0.250. The second-order valence-corrected chi connectivity index (χ2v) is 4.66. The Bertz CT molecular complexity index is 463.